The number of hydrogen-bond acceptors (Lipinski definition) is 2. The van der Waals surface area contributed by atoms with Crippen molar-refractivity contribution in [3.8, 4) is 44.5 Å². The third kappa shape index (κ3) is 7.77. The first-order chi connectivity index (χ1) is 35.2. The Hall–Kier alpha value is -8.72. The molecule has 0 fully saturated rings. The predicted molar refractivity (Wildman–Crippen MR) is 309 cm³/mol. The van der Waals surface area contributed by atoms with Crippen molar-refractivity contribution in [2.24, 2.45) is 0 Å². The van der Waals surface area contributed by atoms with Gasteiger partial charge in [-0.3, -0.25) is 0 Å². The van der Waals surface area contributed by atoms with Gasteiger partial charge in [-0.15, -0.1) is 0 Å². The molecule has 0 amide bonds. The lowest BCUT2D eigenvalue weighted by Gasteiger charge is -2.35. The quantitative estimate of drug-likeness (QED) is 0.126. The number of rotatable bonds is 10. The molecule has 0 aliphatic heterocycles. The number of para-hydroxylation sites is 2. The summed E-state index contributed by atoms with van der Waals surface area (Å²) in [4.78, 5) is 5.13. The van der Waals surface area contributed by atoms with Gasteiger partial charge in [0, 0.05) is 38.7 Å². The van der Waals surface area contributed by atoms with Crippen LogP contribution >= 0.6 is 0 Å². The summed E-state index contributed by atoms with van der Waals surface area (Å²) in [7, 11) is 0. The molecular formula is C70H56N2. The zero-order chi connectivity index (χ0) is 48.9. The average molecular weight is 925 g/mol. The van der Waals surface area contributed by atoms with E-state index in [0.717, 1.165) is 56.4 Å². The lowest BCUT2D eigenvalue weighted by atomic mass is 9.83. The third-order valence-corrected chi connectivity index (χ3v) is 14.7. The molecular weight excluding hydrogens is 869 g/mol. The maximum Gasteiger partial charge on any atom is 0.0575 e. The molecule has 0 atom stereocenters. The highest BCUT2D eigenvalue weighted by Crippen LogP contribution is 2.55. The van der Waals surface area contributed by atoms with E-state index in [4.69, 9.17) is 0 Å². The third-order valence-electron chi connectivity index (χ3n) is 14.7. The molecule has 0 bridgehead atoms. The maximum atomic E-state index is 2.56. The molecule has 0 radical (unpaired) electrons. The van der Waals surface area contributed by atoms with E-state index in [1.165, 1.54) is 71.3 Å². The Balaban J connectivity index is 1.27. The van der Waals surface area contributed by atoms with Gasteiger partial charge in [0.1, 0.15) is 0 Å². The zero-order valence-corrected chi connectivity index (χ0v) is 41.6. The molecule has 12 aromatic carbocycles. The Bertz CT molecular complexity index is 3640. The summed E-state index contributed by atoms with van der Waals surface area (Å²) in [5.41, 5.74) is 19.8. The molecule has 0 aliphatic rings. The van der Waals surface area contributed by atoms with E-state index < -0.39 is 0 Å². The first kappa shape index (κ1) is 44.5. The molecule has 0 saturated heterocycles. The largest absolute Gasteiger partial charge is 0.309 e. The van der Waals surface area contributed by atoms with E-state index in [9.17, 15) is 0 Å². The zero-order valence-electron chi connectivity index (χ0n) is 41.6. The predicted octanol–water partition coefficient (Wildman–Crippen LogP) is 20.1. The minimum Gasteiger partial charge on any atom is -0.309 e. The second-order valence-electron chi connectivity index (χ2n) is 20.1. The molecule has 0 heterocycles. The molecule has 0 spiro atoms. The minimum absolute atomic E-state index is 0.0285. The minimum atomic E-state index is -0.0285. The Morgan fingerprint density at radius 3 is 0.972 bits per heavy atom. The standard InChI is InChI=1S/C70H56N2/c1-47-58(49-24-12-6-13-25-49)40-42-60(51-28-16-8-17-29-51)68(47)71(56-32-20-10-21-33-56)64-46-65(63-39-37-54-45-55(70(3,4)5)44-53-36-38-62(64)67(63)66(53)54)72(57-34-22-11-23-35-57)69-48(2)59(50-26-14-7-15-27-50)41-43-61(69)52-30-18-9-19-31-52/h6-46H,1-5H3. The van der Waals surface area contributed by atoms with E-state index in [2.05, 4.69) is 293 Å². The van der Waals surface area contributed by atoms with Crippen LogP contribution < -0.4 is 9.80 Å². The second-order valence-corrected chi connectivity index (χ2v) is 20.1. The van der Waals surface area contributed by atoms with E-state index in [1.807, 2.05) is 0 Å². The molecule has 346 valence electrons. The lowest BCUT2D eigenvalue weighted by Crippen LogP contribution is -2.17. The van der Waals surface area contributed by atoms with Crippen LogP contribution in [-0.2, 0) is 5.41 Å². The Morgan fingerprint density at radius 2 is 0.625 bits per heavy atom. The van der Waals surface area contributed by atoms with Gasteiger partial charge in [0.15, 0.2) is 0 Å². The number of benzene rings is 12. The van der Waals surface area contributed by atoms with Gasteiger partial charge in [0.25, 0.3) is 0 Å². The molecule has 0 saturated carbocycles. The van der Waals surface area contributed by atoms with Crippen molar-refractivity contribution < 1.29 is 0 Å². The van der Waals surface area contributed by atoms with Crippen molar-refractivity contribution in [3.05, 3.63) is 265 Å². The van der Waals surface area contributed by atoms with Crippen molar-refractivity contribution in [1.29, 1.82) is 0 Å². The molecule has 12 aromatic rings. The summed E-state index contributed by atoms with van der Waals surface area (Å²) in [6.45, 7) is 11.6. The molecule has 0 aliphatic carbocycles. The van der Waals surface area contributed by atoms with Crippen molar-refractivity contribution in [3.63, 3.8) is 0 Å². The topological polar surface area (TPSA) is 6.48 Å². The van der Waals surface area contributed by atoms with Crippen LogP contribution in [0, 0.1) is 13.8 Å². The van der Waals surface area contributed by atoms with Crippen LogP contribution in [0.4, 0.5) is 34.1 Å². The van der Waals surface area contributed by atoms with Crippen LogP contribution in [0.5, 0.6) is 0 Å². The highest BCUT2D eigenvalue weighted by molar-refractivity contribution is 6.29. The monoisotopic (exact) mass is 924 g/mol. The number of anilines is 6. The van der Waals surface area contributed by atoms with Gasteiger partial charge in [-0.25, -0.2) is 0 Å². The van der Waals surface area contributed by atoms with Crippen molar-refractivity contribution in [2.75, 3.05) is 9.80 Å². The van der Waals surface area contributed by atoms with Crippen LogP contribution in [0.25, 0.3) is 76.8 Å². The molecule has 0 aromatic heterocycles. The van der Waals surface area contributed by atoms with E-state index in [-0.39, 0.29) is 5.41 Å². The average Bonchev–Trinajstić information content (AvgIpc) is 3.42. The van der Waals surface area contributed by atoms with E-state index in [0.29, 0.717) is 0 Å². The second kappa shape index (κ2) is 18.2. The van der Waals surface area contributed by atoms with Crippen LogP contribution in [0.15, 0.2) is 249 Å². The Kier molecular flexibility index (Phi) is 11.3. The van der Waals surface area contributed by atoms with Crippen LogP contribution in [0.3, 0.4) is 0 Å². The van der Waals surface area contributed by atoms with Crippen molar-refractivity contribution in [2.45, 2.75) is 40.0 Å². The molecule has 0 unspecified atom stereocenters. The fourth-order valence-electron chi connectivity index (χ4n) is 11.2. The van der Waals surface area contributed by atoms with Gasteiger partial charge in [-0.2, -0.15) is 0 Å². The van der Waals surface area contributed by atoms with Gasteiger partial charge in [-0.1, -0.05) is 239 Å². The van der Waals surface area contributed by atoms with Crippen LogP contribution in [0.1, 0.15) is 37.5 Å². The summed E-state index contributed by atoms with van der Waals surface area (Å²) in [6, 6.07) is 91.7. The molecule has 2 heteroatoms. The van der Waals surface area contributed by atoms with Gasteiger partial charge in [0.2, 0.25) is 0 Å². The fraction of sp³-hybridized carbons (Fsp3) is 0.0857. The Morgan fingerprint density at radius 1 is 0.306 bits per heavy atom. The smallest absolute Gasteiger partial charge is 0.0575 e. The van der Waals surface area contributed by atoms with E-state index >= 15 is 0 Å². The van der Waals surface area contributed by atoms with Gasteiger partial charge in [0.05, 0.1) is 22.7 Å². The molecule has 12 rings (SSSR count). The fourth-order valence-corrected chi connectivity index (χ4v) is 11.2. The number of nitrogens with zero attached hydrogens (tertiary/aromatic N) is 2. The summed E-state index contributed by atoms with van der Waals surface area (Å²) < 4.78 is 0. The highest BCUT2D eigenvalue weighted by Gasteiger charge is 2.30. The van der Waals surface area contributed by atoms with Gasteiger partial charge in [-0.05, 0) is 116 Å². The van der Waals surface area contributed by atoms with E-state index in [1.54, 1.807) is 0 Å². The molecule has 0 N–H and O–H groups in total. The SMILES string of the molecule is Cc1c(-c2ccccc2)ccc(-c2ccccc2)c1N(c1ccccc1)c1cc(N(c2ccccc2)c2c(-c3ccccc3)ccc(-c3ccccc3)c2C)c2ccc3cc(C(C)(C)C)cc4ccc1c2c43. The first-order valence-electron chi connectivity index (χ1n) is 25.2. The molecule has 2 nitrogen and oxygen atoms in total. The number of hydrogen-bond donors (Lipinski definition) is 0. The van der Waals surface area contributed by atoms with Gasteiger partial charge < -0.3 is 9.80 Å². The highest BCUT2D eigenvalue weighted by atomic mass is 15.2. The van der Waals surface area contributed by atoms with Crippen LogP contribution in [-0.4, -0.2) is 0 Å². The maximum absolute atomic E-state index is 2.56. The normalized spacial score (nSPS) is 11.7. The van der Waals surface area contributed by atoms with Crippen LogP contribution in [0.2, 0.25) is 0 Å². The summed E-state index contributed by atoms with van der Waals surface area (Å²) in [5.74, 6) is 0. The Labute approximate surface area is 424 Å². The lowest BCUT2D eigenvalue weighted by molar-refractivity contribution is 0.591. The molecule has 72 heavy (non-hydrogen) atoms. The summed E-state index contributed by atoms with van der Waals surface area (Å²) in [6.07, 6.45) is 0. The van der Waals surface area contributed by atoms with Gasteiger partial charge >= 0.3 is 0 Å². The summed E-state index contributed by atoms with van der Waals surface area (Å²) in [5, 5.41) is 7.39. The first-order valence-corrected chi connectivity index (χ1v) is 25.2. The summed E-state index contributed by atoms with van der Waals surface area (Å²) >= 11 is 0. The van der Waals surface area contributed by atoms with Crippen molar-refractivity contribution in [1.82, 2.24) is 0 Å². The van der Waals surface area contributed by atoms with Crippen molar-refractivity contribution >= 4 is 66.4 Å².